The minimum absolute atomic E-state index is 0.0870. The van der Waals surface area contributed by atoms with E-state index in [1.807, 2.05) is 47.1 Å². The molecule has 4 aromatic rings. The summed E-state index contributed by atoms with van der Waals surface area (Å²) in [7, 11) is 0. The van der Waals surface area contributed by atoms with Gasteiger partial charge < -0.3 is 15.4 Å². The van der Waals surface area contributed by atoms with Crippen molar-refractivity contribution in [3.05, 3.63) is 84.3 Å². The summed E-state index contributed by atoms with van der Waals surface area (Å²) in [6, 6.07) is 19.6. The van der Waals surface area contributed by atoms with E-state index in [9.17, 15) is 9.18 Å². The minimum Gasteiger partial charge on any atom is -0.379 e. The van der Waals surface area contributed by atoms with Crippen molar-refractivity contribution in [2.45, 2.75) is 6.42 Å². The Kier molecular flexibility index (Phi) is 7.02. The lowest BCUT2D eigenvalue weighted by molar-refractivity contribution is 0.0374. The number of hydrogen-bond acceptors (Lipinski definition) is 5. The summed E-state index contributed by atoms with van der Waals surface area (Å²) in [4.78, 5) is 15.1. The first kappa shape index (κ1) is 23.0. The van der Waals surface area contributed by atoms with E-state index in [1.165, 1.54) is 12.1 Å². The number of morpholine rings is 1. The molecule has 1 fully saturated rings. The maximum absolute atomic E-state index is 13.2. The number of hydrogen-bond donors (Lipinski definition) is 2. The van der Waals surface area contributed by atoms with E-state index < -0.39 is 0 Å². The number of ether oxygens (including phenoxy) is 1. The molecule has 0 unspecified atom stereocenters. The molecule has 1 aliphatic heterocycles. The molecule has 3 aromatic carbocycles. The van der Waals surface area contributed by atoms with Crippen LogP contribution in [0.5, 0.6) is 0 Å². The van der Waals surface area contributed by atoms with Gasteiger partial charge in [-0.1, -0.05) is 6.07 Å². The van der Waals surface area contributed by atoms with Gasteiger partial charge in [0.25, 0.3) is 5.91 Å². The number of amides is 1. The van der Waals surface area contributed by atoms with Crippen LogP contribution in [0.4, 0.5) is 15.8 Å². The Bertz CT molecular complexity index is 1300. The van der Waals surface area contributed by atoms with E-state index in [-0.39, 0.29) is 11.7 Å². The van der Waals surface area contributed by atoms with Gasteiger partial charge in [0.05, 0.1) is 30.6 Å². The third-order valence-corrected chi connectivity index (χ3v) is 6.09. The molecule has 0 radical (unpaired) electrons. The fourth-order valence-corrected chi connectivity index (χ4v) is 4.23. The number of anilines is 2. The van der Waals surface area contributed by atoms with Gasteiger partial charge in [0.2, 0.25) is 0 Å². The number of carbonyl (C=O) groups is 1. The quantitative estimate of drug-likeness (QED) is 0.372. The minimum atomic E-state index is -0.267. The second-order valence-corrected chi connectivity index (χ2v) is 8.58. The van der Waals surface area contributed by atoms with E-state index >= 15 is 0 Å². The highest BCUT2D eigenvalue weighted by Crippen LogP contribution is 2.25. The third kappa shape index (κ3) is 5.67. The summed E-state index contributed by atoms with van der Waals surface area (Å²) in [5, 5.41) is 11.8. The molecule has 5 rings (SSSR count). The Labute approximate surface area is 203 Å². The number of nitrogens with zero attached hydrogens (tertiary/aromatic N) is 3. The van der Waals surface area contributed by atoms with Crippen molar-refractivity contribution in [2.75, 3.05) is 44.7 Å². The van der Waals surface area contributed by atoms with Gasteiger partial charge in [-0.15, -0.1) is 0 Å². The normalized spacial score (nSPS) is 14.2. The lowest BCUT2D eigenvalue weighted by Gasteiger charge is -2.26. The first-order valence-corrected chi connectivity index (χ1v) is 11.8. The molecular weight excluding hydrogens is 445 g/mol. The summed E-state index contributed by atoms with van der Waals surface area (Å²) < 4.78 is 20.4. The molecule has 0 bridgehead atoms. The third-order valence-electron chi connectivity index (χ3n) is 6.09. The Hall–Kier alpha value is -3.75. The molecular formula is C27H28FN5O2. The van der Waals surface area contributed by atoms with E-state index in [2.05, 4.69) is 20.6 Å². The number of fused-ring (bicyclic) bond motifs is 1. The van der Waals surface area contributed by atoms with Gasteiger partial charge in [-0.05, 0) is 73.6 Å². The fraction of sp³-hybridized carbons (Fsp3) is 0.259. The smallest absolute Gasteiger partial charge is 0.251 e. The predicted molar refractivity (Wildman–Crippen MR) is 135 cm³/mol. The Balaban J connectivity index is 1.24. The molecule has 180 valence electrons. The molecule has 2 heterocycles. The van der Waals surface area contributed by atoms with E-state index in [1.54, 1.807) is 18.3 Å². The highest BCUT2D eigenvalue weighted by molar-refractivity contribution is 5.95. The van der Waals surface area contributed by atoms with Gasteiger partial charge in [0.15, 0.2) is 0 Å². The molecule has 35 heavy (non-hydrogen) atoms. The zero-order valence-electron chi connectivity index (χ0n) is 19.4. The van der Waals surface area contributed by atoms with Crippen molar-refractivity contribution in [3.63, 3.8) is 0 Å². The lowest BCUT2D eigenvalue weighted by Crippen LogP contribution is -2.38. The van der Waals surface area contributed by atoms with E-state index in [0.717, 1.165) is 67.2 Å². The SMILES string of the molecule is O=C(NCCCN1CCOCC1)c1cccc(-n2ncc3cc(Nc4ccc(F)cc4)ccc32)c1. The molecule has 1 aromatic heterocycles. The molecule has 8 heteroatoms. The van der Waals surface area contributed by atoms with Gasteiger partial charge in [0.1, 0.15) is 5.82 Å². The highest BCUT2D eigenvalue weighted by Gasteiger charge is 2.12. The van der Waals surface area contributed by atoms with Crippen LogP contribution in [0.1, 0.15) is 16.8 Å². The van der Waals surface area contributed by atoms with E-state index in [0.29, 0.717) is 12.1 Å². The van der Waals surface area contributed by atoms with Crippen LogP contribution in [-0.2, 0) is 4.74 Å². The van der Waals surface area contributed by atoms with Crippen LogP contribution in [0.15, 0.2) is 72.9 Å². The van der Waals surface area contributed by atoms with Crippen molar-refractivity contribution >= 4 is 28.2 Å². The monoisotopic (exact) mass is 473 g/mol. The zero-order chi connectivity index (χ0) is 24.0. The van der Waals surface area contributed by atoms with Crippen LogP contribution in [0.2, 0.25) is 0 Å². The van der Waals surface area contributed by atoms with Crippen molar-refractivity contribution in [3.8, 4) is 5.69 Å². The van der Waals surface area contributed by atoms with Crippen LogP contribution in [-0.4, -0.2) is 60.0 Å². The second-order valence-electron chi connectivity index (χ2n) is 8.58. The molecule has 1 saturated heterocycles. The van der Waals surface area contributed by atoms with Crippen molar-refractivity contribution in [2.24, 2.45) is 0 Å². The Morgan fingerprint density at radius 3 is 2.63 bits per heavy atom. The van der Waals surface area contributed by atoms with Gasteiger partial charge in [-0.3, -0.25) is 9.69 Å². The Morgan fingerprint density at radius 2 is 1.80 bits per heavy atom. The maximum atomic E-state index is 13.2. The molecule has 1 aliphatic rings. The Morgan fingerprint density at radius 1 is 1.00 bits per heavy atom. The first-order valence-electron chi connectivity index (χ1n) is 11.8. The number of nitrogens with one attached hydrogen (secondary N) is 2. The molecule has 0 aliphatic carbocycles. The average Bonchev–Trinajstić information content (AvgIpc) is 3.32. The number of benzene rings is 3. The molecule has 1 amide bonds. The summed E-state index contributed by atoms with van der Waals surface area (Å²) in [6.07, 6.45) is 2.70. The van der Waals surface area contributed by atoms with Gasteiger partial charge in [-0.2, -0.15) is 5.10 Å². The first-order chi connectivity index (χ1) is 17.2. The summed E-state index contributed by atoms with van der Waals surface area (Å²) in [5.74, 6) is -0.354. The summed E-state index contributed by atoms with van der Waals surface area (Å²) in [5.41, 5.74) is 4.04. The number of halogens is 1. The standard InChI is InChI=1S/C27H28FN5O2/c28-22-5-7-23(8-6-22)31-24-9-10-26-21(17-24)19-30-33(26)25-4-1-3-20(18-25)27(34)29-11-2-12-32-13-15-35-16-14-32/h1,3-10,17-19,31H,2,11-16H2,(H,29,34). The van der Waals surface area contributed by atoms with Gasteiger partial charge in [-0.25, -0.2) is 9.07 Å². The maximum Gasteiger partial charge on any atom is 0.251 e. The number of rotatable bonds is 8. The van der Waals surface area contributed by atoms with Crippen LogP contribution >= 0.6 is 0 Å². The molecule has 0 spiro atoms. The molecule has 0 saturated carbocycles. The van der Waals surface area contributed by atoms with Crippen LogP contribution < -0.4 is 10.6 Å². The van der Waals surface area contributed by atoms with Crippen LogP contribution in [0, 0.1) is 5.82 Å². The van der Waals surface area contributed by atoms with Crippen molar-refractivity contribution < 1.29 is 13.9 Å². The van der Waals surface area contributed by atoms with Crippen molar-refractivity contribution in [1.82, 2.24) is 20.0 Å². The fourth-order valence-electron chi connectivity index (χ4n) is 4.23. The summed E-state index contributed by atoms with van der Waals surface area (Å²) in [6.45, 7) is 5.08. The number of carbonyl (C=O) groups excluding carboxylic acids is 1. The van der Waals surface area contributed by atoms with Crippen LogP contribution in [0.3, 0.4) is 0 Å². The van der Waals surface area contributed by atoms with E-state index in [4.69, 9.17) is 4.74 Å². The van der Waals surface area contributed by atoms with Gasteiger partial charge >= 0.3 is 0 Å². The summed E-state index contributed by atoms with van der Waals surface area (Å²) >= 11 is 0. The van der Waals surface area contributed by atoms with Gasteiger partial charge in [0, 0.05) is 42.0 Å². The largest absolute Gasteiger partial charge is 0.379 e. The van der Waals surface area contributed by atoms with Crippen molar-refractivity contribution in [1.29, 1.82) is 0 Å². The zero-order valence-corrected chi connectivity index (χ0v) is 19.4. The topological polar surface area (TPSA) is 71.4 Å². The molecule has 0 atom stereocenters. The molecule has 7 nitrogen and oxygen atoms in total. The predicted octanol–water partition coefficient (Wildman–Crippen LogP) is 4.36. The lowest BCUT2D eigenvalue weighted by atomic mass is 10.1. The highest BCUT2D eigenvalue weighted by atomic mass is 19.1. The average molecular weight is 474 g/mol. The molecule has 2 N–H and O–H groups in total. The van der Waals surface area contributed by atoms with Crippen LogP contribution in [0.25, 0.3) is 16.6 Å². The number of aromatic nitrogens is 2. The second kappa shape index (κ2) is 10.7.